The number of aryl methyl sites for hydroxylation is 1. The predicted octanol–water partition coefficient (Wildman–Crippen LogP) is 5.13. The Bertz CT molecular complexity index is 1110. The molecule has 0 bridgehead atoms. The van der Waals surface area contributed by atoms with Gasteiger partial charge in [-0.05, 0) is 60.4 Å². The lowest BCUT2D eigenvalue weighted by Gasteiger charge is -2.29. The number of hydrogen-bond donors (Lipinski definition) is 0. The van der Waals surface area contributed by atoms with Crippen LogP contribution in [0.25, 0.3) is 0 Å². The van der Waals surface area contributed by atoms with E-state index < -0.39 is 5.82 Å². The zero-order valence-corrected chi connectivity index (χ0v) is 15.6. The van der Waals surface area contributed by atoms with Crippen molar-refractivity contribution < 1.29 is 13.6 Å². The molecular formula is C24H18F2N2O. The van der Waals surface area contributed by atoms with Gasteiger partial charge in [-0.3, -0.25) is 4.79 Å². The summed E-state index contributed by atoms with van der Waals surface area (Å²) < 4.78 is 26.8. The molecule has 2 atom stereocenters. The Hall–Kier alpha value is -3.34. The summed E-state index contributed by atoms with van der Waals surface area (Å²) in [4.78, 5) is 13.3. The first-order chi connectivity index (χ1) is 14.1. The van der Waals surface area contributed by atoms with Crippen LogP contribution in [0.15, 0.2) is 77.9 Å². The lowest BCUT2D eigenvalue weighted by Crippen LogP contribution is -2.32. The molecule has 3 aromatic rings. The number of hydrogen-bond acceptors (Lipinski definition) is 2. The molecular weight excluding hydrogens is 370 g/mol. The van der Waals surface area contributed by atoms with Crippen LogP contribution in [-0.4, -0.2) is 16.6 Å². The summed E-state index contributed by atoms with van der Waals surface area (Å²) >= 11 is 0. The first-order valence-corrected chi connectivity index (χ1v) is 9.63. The second-order valence-corrected chi connectivity index (χ2v) is 7.44. The molecule has 0 spiro atoms. The maximum absolute atomic E-state index is 13.5. The summed E-state index contributed by atoms with van der Waals surface area (Å²) in [6, 6.07) is 19.5. The highest BCUT2D eigenvalue weighted by atomic mass is 19.1. The molecule has 5 heteroatoms. The molecule has 5 rings (SSSR count). The van der Waals surface area contributed by atoms with E-state index in [9.17, 15) is 13.6 Å². The summed E-state index contributed by atoms with van der Waals surface area (Å²) in [7, 11) is 0. The van der Waals surface area contributed by atoms with Crippen molar-refractivity contribution in [3.8, 4) is 0 Å². The molecule has 0 saturated carbocycles. The van der Waals surface area contributed by atoms with Gasteiger partial charge in [-0.25, -0.2) is 13.8 Å². The zero-order valence-electron chi connectivity index (χ0n) is 15.6. The second-order valence-electron chi connectivity index (χ2n) is 7.44. The van der Waals surface area contributed by atoms with E-state index in [1.165, 1.54) is 47.0 Å². The highest BCUT2D eigenvalue weighted by Gasteiger charge is 2.44. The van der Waals surface area contributed by atoms with E-state index >= 15 is 0 Å². The van der Waals surface area contributed by atoms with E-state index in [2.05, 4.69) is 6.07 Å². The van der Waals surface area contributed by atoms with Gasteiger partial charge in [-0.15, -0.1) is 0 Å². The van der Waals surface area contributed by atoms with Crippen molar-refractivity contribution in [1.82, 2.24) is 5.01 Å². The number of benzene rings is 3. The summed E-state index contributed by atoms with van der Waals surface area (Å²) in [6.07, 6.45) is 1.75. The van der Waals surface area contributed by atoms with Crippen LogP contribution in [-0.2, 0) is 6.42 Å². The van der Waals surface area contributed by atoms with E-state index in [0.717, 1.165) is 29.7 Å². The third-order valence-electron chi connectivity index (χ3n) is 5.74. The predicted molar refractivity (Wildman–Crippen MR) is 107 cm³/mol. The van der Waals surface area contributed by atoms with E-state index in [-0.39, 0.29) is 23.7 Å². The summed E-state index contributed by atoms with van der Waals surface area (Å²) in [5, 5.41) is 6.23. The maximum atomic E-state index is 13.5. The average molecular weight is 388 g/mol. The van der Waals surface area contributed by atoms with Gasteiger partial charge in [-0.1, -0.05) is 36.4 Å². The molecule has 0 aromatic heterocycles. The quantitative estimate of drug-likeness (QED) is 0.599. The minimum Gasteiger partial charge on any atom is -0.267 e. The third kappa shape index (κ3) is 3.03. The number of halogens is 2. The molecule has 0 unspecified atom stereocenters. The Balaban J connectivity index is 1.61. The molecule has 1 aliphatic carbocycles. The molecule has 0 N–H and O–H groups in total. The lowest BCUT2D eigenvalue weighted by atomic mass is 9.77. The zero-order chi connectivity index (χ0) is 20.0. The number of carbonyl (C=O) groups excluding carboxylic acids is 1. The topological polar surface area (TPSA) is 32.7 Å². The van der Waals surface area contributed by atoms with E-state index in [1.807, 2.05) is 18.2 Å². The molecule has 3 nitrogen and oxygen atoms in total. The van der Waals surface area contributed by atoms with Crippen LogP contribution >= 0.6 is 0 Å². The Morgan fingerprint density at radius 3 is 2.28 bits per heavy atom. The average Bonchev–Trinajstić information content (AvgIpc) is 3.14. The van der Waals surface area contributed by atoms with E-state index in [4.69, 9.17) is 5.10 Å². The Morgan fingerprint density at radius 1 is 0.897 bits per heavy atom. The van der Waals surface area contributed by atoms with Crippen LogP contribution in [0.2, 0.25) is 0 Å². The summed E-state index contributed by atoms with van der Waals surface area (Å²) in [5.41, 5.74) is 4.37. The monoisotopic (exact) mass is 388 g/mol. The van der Waals surface area contributed by atoms with Crippen LogP contribution < -0.4 is 0 Å². The van der Waals surface area contributed by atoms with Gasteiger partial charge in [0, 0.05) is 17.0 Å². The Kier molecular flexibility index (Phi) is 4.23. The van der Waals surface area contributed by atoms with Crippen molar-refractivity contribution in [2.75, 3.05) is 0 Å². The molecule has 1 aliphatic heterocycles. The second kappa shape index (κ2) is 6.92. The molecule has 29 heavy (non-hydrogen) atoms. The van der Waals surface area contributed by atoms with Gasteiger partial charge in [0.25, 0.3) is 5.91 Å². The van der Waals surface area contributed by atoms with Gasteiger partial charge >= 0.3 is 0 Å². The first-order valence-electron chi connectivity index (χ1n) is 9.63. The largest absolute Gasteiger partial charge is 0.274 e. The molecule has 1 amide bonds. The fraction of sp³-hybridized carbons (Fsp3) is 0.167. The SMILES string of the molecule is O=C(c1ccc(F)cc1)N1N=C2c3ccccc3CC[C@H]2[C@@H]1c1ccc(F)cc1. The van der Waals surface area contributed by atoms with Gasteiger partial charge in [0.15, 0.2) is 0 Å². The van der Waals surface area contributed by atoms with Crippen LogP contribution in [0.3, 0.4) is 0 Å². The van der Waals surface area contributed by atoms with Crippen LogP contribution in [0.1, 0.15) is 39.5 Å². The van der Waals surface area contributed by atoms with Crippen LogP contribution in [0.4, 0.5) is 8.78 Å². The number of carbonyl (C=O) groups is 1. The highest BCUT2D eigenvalue weighted by molar-refractivity contribution is 6.08. The number of fused-ring (bicyclic) bond motifs is 3. The van der Waals surface area contributed by atoms with Gasteiger partial charge in [0.2, 0.25) is 0 Å². The lowest BCUT2D eigenvalue weighted by molar-refractivity contribution is 0.0681. The summed E-state index contributed by atoms with van der Waals surface area (Å²) in [6.45, 7) is 0. The van der Waals surface area contributed by atoms with E-state index in [1.54, 1.807) is 12.1 Å². The Labute approximate surface area is 167 Å². The molecule has 144 valence electrons. The smallest absolute Gasteiger partial charge is 0.267 e. The first kappa shape index (κ1) is 17.7. The number of rotatable bonds is 2. The van der Waals surface area contributed by atoms with Gasteiger partial charge in [0.1, 0.15) is 11.6 Å². The normalized spacial score (nSPS) is 20.1. The fourth-order valence-corrected chi connectivity index (χ4v) is 4.35. The van der Waals surface area contributed by atoms with Gasteiger partial charge in [0.05, 0.1) is 11.8 Å². The molecule has 1 heterocycles. The minimum atomic E-state index is -0.396. The van der Waals surface area contributed by atoms with Crippen molar-refractivity contribution in [2.24, 2.45) is 11.0 Å². The highest BCUT2D eigenvalue weighted by Crippen LogP contribution is 2.43. The number of hydrazone groups is 1. The standard InChI is InChI=1S/C24H18F2N2O/c25-18-10-5-16(6-11-18)23-21-14-9-15-3-1-2-4-20(15)22(21)27-28(23)24(29)17-7-12-19(26)13-8-17/h1-8,10-13,21,23H,9,14H2/t21-,23+/m1/s1. The molecule has 0 saturated heterocycles. The number of nitrogens with zero attached hydrogens (tertiary/aromatic N) is 2. The van der Waals surface area contributed by atoms with Crippen molar-refractivity contribution in [3.63, 3.8) is 0 Å². The van der Waals surface area contributed by atoms with Crippen LogP contribution in [0, 0.1) is 17.6 Å². The molecule has 0 fully saturated rings. The molecule has 3 aromatic carbocycles. The van der Waals surface area contributed by atoms with Crippen molar-refractivity contribution in [3.05, 3.63) is 107 Å². The van der Waals surface area contributed by atoms with Crippen molar-refractivity contribution >= 4 is 11.6 Å². The molecule has 0 radical (unpaired) electrons. The molecule has 2 aliphatic rings. The maximum Gasteiger partial charge on any atom is 0.274 e. The van der Waals surface area contributed by atoms with Gasteiger partial charge < -0.3 is 0 Å². The minimum absolute atomic E-state index is 0.0276. The van der Waals surface area contributed by atoms with E-state index in [0.29, 0.717) is 5.56 Å². The number of amides is 1. The fourth-order valence-electron chi connectivity index (χ4n) is 4.35. The Morgan fingerprint density at radius 2 is 1.55 bits per heavy atom. The summed E-state index contributed by atoms with van der Waals surface area (Å²) in [5.74, 6) is -0.983. The van der Waals surface area contributed by atoms with Crippen LogP contribution in [0.5, 0.6) is 0 Å². The van der Waals surface area contributed by atoms with Crippen molar-refractivity contribution in [2.45, 2.75) is 18.9 Å². The van der Waals surface area contributed by atoms with Crippen molar-refractivity contribution in [1.29, 1.82) is 0 Å². The van der Waals surface area contributed by atoms with Gasteiger partial charge in [-0.2, -0.15) is 5.10 Å². The third-order valence-corrected chi connectivity index (χ3v) is 5.74.